The third-order valence-corrected chi connectivity index (χ3v) is 6.78. The third-order valence-electron chi connectivity index (χ3n) is 6.78. The van der Waals surface area contributed by atoms with Crippen molar-refractivity contribution in [1.82, 2.24) is 20.4 Å². The molecule has 2 saturated heterocycles. The van der Waals surface area contributed by atoms with Gasteiger partial charge in [-0.05, 0) is 55.3 Å². The van der Waals surface area contributed by atoms with E-state index in [4.69, 9.17) is 0 Å². The summed E-state index contributed by atoms with van der Waals surface area (Å²) in [7, 11) is 2.04. The number of hydrogen-bond donors (Lipinski definition) is 3. The summed E-state index contributed by atoms with van der Waals surface area (Å²) in [5.41, 5.74) is 1.91. The molecule has 0 saturated carbocycles. The molecule has 0 bridgehead atoms. The molecule has 2 aliphatic heterocycles. The van der Waals surface area contributed by atoms with Gasteiger partial charge >= 0.3 is 0 Å². The van der Waals surface area contributed by atoms with E-state index in [-0.39, 0.29) is 41.5 Å². The topological polar surface area (TPSA) is 84.9 Å². The van der Waals surface area contributed by atoms with Crippen molar-refractivity contribution >= 4 is 11.8 Å². The number of nitrogens with zero attached hydrogens (tertiary/aromatic N) is 2. The molecule has 8 heteroatoms. The van der Waals surface area contributed by atoms with Crippen LogP contribution in [0.25, 0.3) is 0 Å². The predicted molar refractivity (Wildman–Crippen MR) is 123 cm³/mol. The van der Waals surface area contributed by atoms with Gasteiger partial charge in [-0.25, -0.2) is 4.39 Å². The van der Waals surface area contributed by atoms with E-state index in [0.717, 1.165) is 24.1 Å². The molecular weight excluding hydrogens is 423 g/mol. The quantitative estimate of drug-likeness (QED) is 0.596. The molecule has 2 aliphatic rings. The molecule has 2 aromatic carbocycles. The Hall–Kier alpha value is -2.97. The van der Waals surface area contributed by atoms with Crippen molar-refractivity contribution in [1.29, 1.82) is 0 Å². The summed E-state index contributed by atoms with van der Waals surface area (Å²) in [5.74, 6) is -0.0866. The summed E-state index contributed by atoms with van der Waals surface area (Å²) in [6, 6.07) is 13.1. The highest BCUT2D eigenvalue weighted by atomic mass is 19.1. The maximum absolute atomic E-state index is 13.0. The van der Waals surface area contributed by atoms with E-state index in [1.54, 1.807) is 24.3 Å². The number of hydrogen-bond acceptors (Lipinski definition) is 5. The normalized spacial score (nSPS) is 23.6. The molecule has 176 valence electrons. The Kier molecular flexibility index (Phi) is 7.25. The van der Waals surface area contributed by atoms with Crippen LogP contribution in [0.2, 0.25) is 0 Å². The summed E-state index contributed by atoms with van der Waals surface area (Å²) in [6.07, 6.45) is 1.90. The van der Waals surface area contributed by atoms with Gasteiger partial charge in [-0.1, -0.05) is 24.3 Å². The maximum Gasteiger partial charge on any atom is 0.239 e. The lowest BCUT2D eigenvalue weighted by Gasteiger charge is -2.33. The lowest BCUT2D eigenvalue weighted by atomic mass is 10.0. The minimum atomic E-state index is -0.296. The fraction of sp³-hybridized carbons (Fsp3) is 0.440. The Morgan fingerprint density at radius 1 is 1.15 bits per heavy atom. The van der Waals surface area contributed by atoms with Gasteiger partial charge in [0.25, 0.3) is 0 Å². The fourth-order valence-corrected chi connectivity index (χ4v) is 4.85. The molecule has 3 N–H and O–H groups in total. The Balaban J connectivity index is 1.31. The number of amides is 2. The van der Waals surface area contributed by atoms with Crippen LogP contribution in [0.15, 0.2) is 48.5 Å². The van der Waals surface area contributed by atoms with Crippen LogP contribution in [0, 0.1) is 5.82 Å². The number of fused-ring (bicyclic) bond motifs is 1. The number of carbonyl (C=O) groups is 2. The van der Waals surface area contributed by atoms with Gasteiger partial charge in [-0.2, -0.15) is 0 Å². The van der Waals surface area contributed by atoms with Crippen molar-refractivity contribution in [2.45, 2.75) is 50.5 Å². The standard InChI is InChI=1S/C25H31FN4O3/c1-29-20(8-11-23(32)27-14-17-2-6-19(26)7-3-17)15-28-25(33)24-22(29)12-13-30(24)16-18-4-9-21(31)10-5-18/h2-7,9-10,20,22,24,31H,8,11-16H2,1H3,(H,27,32)(H,28,33). The summed E-state index contributed by atoms with van der Waals surface area (Å²) < 4.78 is 13.0. The number of aromatic hydroxyl groups is 1. The largest absolute Gasteiger partial charge is 0.508 e. The summed E-state index contributed by atoms with van der Waals surface area (Å²) >= 11 is 0. The van der Waals surface area contributed by atoms with Crippen LogP contribution in [-0.2, 0) is 22.7 Å². The van der Waals surface area contributed by atoms with E-state index < -0.39 is 0 Å². The minimum Gasteiger partial charge on any atom is -0.508 e. The van der Waals surface area contributed by atoms with E-state index in [9.17, 15) is 19.1 Å². The number of rotatable bonds is 7. The smallest absolute Gasteiger partial charge is 0.239 e. The second kappa shape index (κ2) is 10.3. The SMILES string of the molecule is CN1C(CCC(=O)NCc2ccc(F)cc2)CNC(=O)C2C1CCN2Cc1ccc(O)cc1. The van der Waals surface area contributed by atoms with Crippen molar-refractivity contribution in [3.63, 3.8) is 0 Å². The van der Waals surface area contributed by atoms with Crippen LogP contribution in [-0.4, -0.2) is 65.0 Å². The first-order valence-corrected chi connectivity index (χ1v) is 11.4. The van der Waals surface area contributed by atoms with Crippen molar-refractivity contribution < 1.29 is 19.1 Å². The summed E-state index contributed by atoms with van der Waals surface area (Å²) in [5, 5.41) is 15.5. The van der Waals surface area contributed by atoms with Crippen molar-refractivity contribution in [2.75, 3.05) is 20.1 Å². The highest BCUT2D eigenvalue weighted by Crippen LogP contribution is 2.28. The summed E-state index contributed by atoms with van der Waals surface area (Å²) in [6.45, 7) is 2.35. The van der Waals surface area contributed by atoms with Gasteiger partial charge in [0.1, 0.15) is 17.6 Å². The van der Waals surface area contributed by atoms with E-state index >= 15 is 0 Å². The van der Waals surface area contributed by atoms with Crippen LogP contribution in [0.1, 0.15) is 30.4 Å². The average molecular weight is 455 g/mol. The number of benzene rings is 2. The molecule has 2 amide bonds. The van der Waals surface area contributed by atoms with Gasteiger partial charge < -0.3 is 15.7 Å². The zero-order chi connectivity index (χ0) is 23.4. The molecule has 3 unspecified atom stereocenters. The van der Waals surface area contributed by atoms with E-state index in [2.05, 4.69) is 20.4 Å². The number of phenols is 1. The van der Waals surface area contributed by atoms with E-state index in [0.29, 0.717) is 32.5 Å². The molecule has 0 aromatic heterocycles. The zero-order valence-corrected chi connectivity index (χ0v) is 18.8. The zero-order valence-electron chi connectivity index (χ0n) is 18.8. The van der Waals surface area contributed by atoms with Gasteiger partial charge in [-0.15, -0.1) is 0 Å². The molecule has 7 nitrogen and oxygen atoms in total. The summed E-state index contributed by atoms with van der Waals surface area (Å²) in [4.78, 5) is 29.8. The third kappa shape index (κ3) is 5.69. The van der Waals surface area contributed by atoms with E-state index in [1.165, 1.54) is 12.1 Å². The second-order valence-electron chi connectivity index (χ2n) is 8.94. The lowest BCUT2D eigenvalue weighted by Crippen LogP contribution is -2.49. The molecule has 0 radical (unpaired) electrons. The van der Waals surface area contributed by atoms with Gasteiger partial charge in [0.05, 0.1) is 0 Å². The number of likely N-dealkylation sites (N-methyl/N-ethyl adjacent to an activating group) is 1. The van der Waals surface area contributed by atoms with Crippen LogP contribution < -0.4 is 10.6 Å². The molecule has 3 atom stereocenters. The van der Waals surface area contributed by atoms with Gasteiger partial charge in [0, 0.05) is 44.7 Å². The van der Waals surface area contributed by atoms with Crippen molar-refractivity contribution in [2.24, 2.45) is 0 Å². The molecular formula is C25H31FN4O3. The van der Waals surface area contributed by atoms with Crippen molar-refractivity contribution in [3.8, 4) is 5.75 Å². The monoisotopic (exact) mass is 454 g/mol. The van der Waals surface area contributed by atoms with Gasteiger partial charge in [-0.3, -0.25) is 19.4 Å². The van der Waals surface area contributed by atoms with E-state index in [1.807, 2.05) is 19.2 Å². The molecule has 4 rings (SSSR count). The van der Waals surface area contributed by atoms with Crippen molar-refractivity contribution in [3.05, 3.63) is 65.5 Å². The molecule has 2 heterocycles. The molecule has 33 heavy (non-hydrogen) atoms. The lowest BCUT2D eigenvalue weighted by molar-refractivity contribution is -0.126. The number of carbonyl (C=O) groups excluding carboxylic acids is 2. The van der Waals surface area contributed by atoms with Crippen LogP contribution in [0.4, 0.5) is 4.39 Å². The molecule has 2 fully saturated rings. The first-order valence-electron chi connectivity index (χ1n) is 11.4. The minimum absolute atomic E-state index is 0.0337. The molecule has 0 aliphatic carbocycles. The number of halogens is 1. The van der Waals surface area contributed by atoms with Crippen LogP contribution in [0.5, 0.6) is 5.75 Å². The average Bonchev–Trinajstić information content (AvgIpc) is 3.18. The van der Waals surface area contributed by atoms with Crippen LogP contribution >= 0.6 is 0 Å². The molecule has 0 spiro atoms. The number of phenolic OH excluding ortho intramolecular Hbond substituents is 1. The fourth-order valence-electron chi connectivity index (χ4n) is 4.85. The van der Waals surface area contributed by atoms with Crippen LogP contribution in [0.3, 0.4) is 0 Å². The molecule has 2 aromatic rings. The highest BCUT2D eigenvalue weighted by molar-refractivity contribution is 5.83. The first kappa shape index (κ1) is 23.2. The Bertz CT molecular complexity index is 967. The Morgan fingerprint density at radius 3 is 2.58 bits per heavy atom. The highest BCUT2D eigenvalue weighted by Gasteiger charge is 2.44. The number of likely N-dealkylation sites (tertiary alicyclic amines) is 1. The first-order chi connectivity index (χ1) is 15.9. The predicted octanol–water partition coefficient (Wildman–Crippen LogP) is 2.00. The second-order valence-corrected chi connectivity index (χ2v) is 8.94. The van der Waals surface area contributed by atoms with Gasteiger partial charge in [0.15, 0.2) is 0 Å². The number of nitrogens with one attached hydrogen (secondary N) is 2. The maximum atomic E-state index is 13.0. The van der Waals surface area contributed by atoms with Gasteiger partial charge in [0.2, 0.25) is 11.8 Å². The Morgan fingerprint density at radius 2 is 1.85 bits per heavy atom. The Labute approximate surface area is 193 Å².